The lowest BCUT2D eigenvalue weighted by Crippen LogP contribution is -2.21. The summed E-state index contributed by atoms with van der Waals surface area (Å²) in [5, 5.41) is 11.3. The van der Waals surface area contributed by atoms with E-state index in [2.05, 4.69) is 5.32 Å². The zero-order valence-electron chi connectivity index (χ0n) is 13.7. The first-order valence-corrected chi connectivity index (χ1v) is 7.26. The van der Waals surface area contributed by atoms with Crippen molar-refractivity contribution in [1.29, 1.82) is 5.26 Å². The summed E-state index contributed by atoms with van der Waals surface area (Å²) < 4.78 is 15.2. The van der Waals surface area contributed by atoms with Gasteiger partial charge in [0.15, 0.2) is 18.1 Å². The van der Waals surface area contributed by atoms with Crippen LogP contribution in [0.5, 0.6) is 11.5 Å². The zero-order chi connectivity index (χ0) is 18.2. The van der Waals surface area contributed by atoms with Crippen LogP contribution in [0.3, 0.4) is 0 Å². The van der Waals surface area contributed by atoms with Crippen LogP contribution in [0.2, 0.25) is 0 Å². The molecule has 0 bridgehead atoms. The van der Waals surface area contributed by atoms with Crippen molar-refractivity contribution in [1.82, 2.24) is 0 Å². The molecule has 2 aromatic carbocycles. The van der Waals surface area contributed by atoms with Crippen molar-refractivity contribution in [3.05, 3.63) is 53.6 Å². The quantitative estimate of drug-likeness (QED) is 0.811. The van der Waals surface area contributed by atoms with Crippen LogP contribution in [0, 0.1) is 11.3 Å². The molecule has 25 heavy (non-hydrogen) atoms. The first kappa shape index (κ1) is 17.8. The lowest BCUT2D eigenvalue weighted by molar-refractivity contribution is -0.119. The van der Waals surface area contributed by atoms with Crippen molar-refractivity contribution < 1.29 is 23.8 Å². The van der Waals surface area contributed by atoms with Gasteiger partial charge in [0.2, 0.25) is 0 Å². The molecule has 7 heteroatoms. The number of esters is 1. The molecule has 128 valence electrons. The molecule has 1 amide bonds. The Morgan fingerprint density at radius 2 is 1.72 bits per heavy atom. The number of amides is 1. The molecule has 0 spiro atoms. The van der Waals surface area contributed by atoms with E-state index in [-0.39, 0.29) is 5.56 Å². The van der Waals surface area contributed by atoms with Crippen molar-refractivity contribution in [2.75, 3.05) is 26.1 Å². The number of nitrogens with one attached hydrogen (secondary N) is 1. The van der Waals surface area contributed by atoms with E-state index in [0.717, 1.165) is 0 Å². The molecule has 0 aliphatic rings. The smallest absolute Gasteiger partial charge is 0.338 e. The van der Waals surface area contributed by atoms with E-state index in [9.17, 15) is 9.59 Å². The Bertz CT molecular complexity index is 809. The number of nitrogens with zero attached hydrogens (tertiary/aromatic N) is 1. The number of carbonyl (C=O) groups excluding carboxylic acids is 2. The Kier molecular flexibility index (Phi) is 5.96. The zero-order valence-corrected chi connectivity index (χ0v) is 13.7. The molecule has 0 atom stereocenters. The molecular formula is C18H16N2O5. The number of hydrogen-bond donors (Lipinski definition) is 1. The molecule has 0 saturated heterocycles. The van der Waals surface area contributed by atoms with Crippen LogP contribution in [0.1, 0.15) is 15.9 Å². The minimum absolute atomic E-state index is 0.262. The molecular weight excluding hydrogens is 324 g/mol. The molecule has 7 nitrogen and oxygen atoms in total. The second-order valence-corrected chi connectivity index (χ2v) is 4.88. The summed E-state index contributed by atoms with van der Waals surface area (Å²) in [5.74, 6) is -0.135. The average Bonchev–Trinajstić information content (AvgIpc) is 2.66. The number of rotatable bonds is 6. The fourth-order valence-electron chi connectivity index (χ4n) is 2.01. The van der Waals surface area contributed by atoms with Gasteiger partial charge < -0.3 is 19.5 Å². The van der Waals surface area contributed by atoms with Crippen LogP contribution < -0.4 is 14.8 Å². The highest BCUT2D eigenvalue weighted by Crippen LogP contribution is 2.29. The monoisotopic (exact) mass is 340 g/mol. The minimum Gasteiger partial charge on any atom is -0.493 e. The molecule has 2 rings (SSSR count). The maximum atomic E-state index is 11.9. The highest BCUT2D eigenvalue weighted by molar-refractivity contribution is 5.95. The van der Waals surface area contributed by atoms with Crippen LogP contribution in [0.25, 0.3) is 0 Å². The molecule has 0 aliphatic heterocycles. The van der Waals surface area contributed by atoms with E-state index in [1.807, 2.05) is 6.07 Å². The lowest BCUT2D eigenvalue weighted by atomic mass is 10.1. The van der Waals surface area contributed by atoms with Gasteiger partial charge in [-0.2, -0.15) is 5.26 Å². The Balaban J connectivity index is 1.91. The molecule has 2 aromatic rings. The maximum absolute atomic E-state index is 11.9. The van der Waals surface area contributed by atoms with Gasteiger partial charge in [-0.05, 0) is 36.4 Å². The summed E-state index contributed by atoms with van der Waals surface area (Å²) >= 11 is 0. The molecule has 0 aliphatic carbocycles. The summed E-state index contributed by atoms with van der Waals surface area (Å²) in [6.07, 6.45) is 0. The van der Waals surface area contributed by atoms with Gasteiger partial charge in [-0.1, -0.05) is 0 Å². The number of anilines is 1. The largest absolute Gasteiger partial charge is 0.493 e. The third-order valence-corrected chi connectivity index (χ3v) is 3.25. The van der Waals surface area contributed by atoms with Crippen LogP contribution >= 0.6 is 0 Å². The molecule has 0 unspecified atom stereocenters. The first-order chi connectivity index (χ1) is 12.1. The fourth-order valence-corrected chi connectivity index (χ4v) is 2.01. The molecule has 0 aromatic heterocycles. The molecule has 0 radical (unpaired) electrons. The molecule has 1 N–H and O–H groups in total. The number of benzene rings is 2. The molecule has 0 fully saturated rings. The lowest BCUT2D eigenvalue weighted by Gasteiger charge is -2.10. The fraction of sp³-hybridized carbons (Fsp3) is 0.167. The van der Waals surface area contributed by atoms with Gasteiger partial charge in [-0.15, -0.1) is 0 Å². The van der Waals surface area contributed by atoms with Crippen molar-refractivity contribution in [3.63, 3.8) is 0 Å². The maximum Gasteiger partial charge on any atom is 0.338 e. The number of hydrogen-bond acceptors (Lipinski definition) is 6. The average molecular weight is 340 g/mol. The molecule has 0 saturated carbocycles. The van der Waals surface area contributed by atoms with Crippen molar-refractivity contribution in [3.8, 4) is 17.6 Å². The second-order valence-electron chi connectivity index (χ2n) is 4.88. The predicted molar refractivity (Wildman–Crippen MR) is 89.6 cm³/mol. The van der Waals surface area contributed by atoms with Gasteiger partial charge in [0.05, 0.1) is 31.4 Å². The van der Waals surface area contributed by atoms with Crippen molar-refractivity contribution >= 4 is 17.6 Å². The SMILES string of the molecule is COc1ccc(NC(=O)COC(=O)c2ccc(C#N)cc2)cc1OC. The third-order valence-electron chi connectivity index (χ3n) is 3.25. The number of carbonyl (C=O) groups is 2. The topological polar surface area (TPSA) is 97.6 Å². The number of ether oxygens (including phenoxy) is 3. The van der Waals surface area contributed by atoms with Crippen molar-refractivity contribution in [2.24, 2.45) is 0 Å². The Morgan fingerprint density at radius 1 is 1.04 bits per heavy atom. The number of nitriles is 1. The highest BCUT2D eigenvalue weighted by atomic mass is 16.5. The molecule has 0 heterocycles. The van der Waals surface area contributed by atoms with Gasteiger partial charge >= 0.3 is 5.97 Å². The standard InChI is InChI=1S/C18H16N2O5/c1-23-15-8-7-14(9-16(15)24-2)20-17(21)11-25-18(22)13-5-3-12(10-19)4-6-13/h3-9H,11H2,1-2H3,(H,20,21). The van der Waals surface area contributed by atoms with Crippen molar-refractivity contribution in [2.45, 2.75) is 0 Å². The van der Waals surface area contributed by atoms with E-state index in [0.29, 0.717) is 22.7 Å². The van der Waals surface area contributed by atoms with Gasteiger partial charge in [-0.3, -0.25) is 4.79 Å². The minimum atomic E-state index is -0.646. The summed E-state index contributed by atoms with van der Waals surface area (Å²) in [4.78, 5) is 23.8. The Morgan fingerprint density at radius 3 is 2.32 bits per heavy atom. The number of methoxy groups -OCH3 is 2. The van der Waals surface area contributed by atoms with E-state index in [1.54, 1.807) is 18.2 Å². The van der Waals surface area contributed by atoms with E-state index in [4.69, 9.17) is 19.5 Å². The van der Waals surface area contributed by atoms with Gasteiger partial charge in [0.1, 0.15) is 0 Å². The van der Waals surface area contributed by atoms with Gasteiger partial charge in [0, 0.05) is 11.8 Å². The third kappa shape index (κ3) is 4.72. The first-order valence-electron chi connectivity index (χ1n) is 7.26. The van der Waals surface area contributed by atoms with E-state index >= 15 is 0 Å². The van der Waals surface area contributed by atoms with Gasteiger partial charge in [0.25, 0.3) is 5.91 Å². The Labute approximate surface area is 144 Å². The summed E-state index contributed by atoms with van der Waals surface area (Å²) in [6.45, 7) is -0.437. The second kappa shape index (κ2) is 8.36. The van der Waals surface area contributed by atoms with Crippen LogP contribution in [-0.4, -0.2) is 32.7 Å². The Hall–Kier alpha value is -3.53. The highest BCUT2D eigenvalue weighted by Gasteiger charge is 2.11. The predicted octanol–water partition coefficient (Wildman–Crippen LogP) is 2.37. The van der Waals surface area contributed by atoms with E-state index < -0.39 is 18.5 Å². The summed E-state index contributed by atoms with van der Waals surface area (Å²) in [7, 11) is 3.00. The summed E-state index contributed by atoms with van der Waals surface area (Å²) in [6, 6.07) is 12.8. The van der Waals surface area contributed by atoms with E-state index in [1.165, 1.54) is 38.5 Å². The van der Waals surface area contributed by atoms with Crippen LogP contribution in [0.4, 0.5) is 5.69 Å². The van der Waals surface area contributed by atoms with Gasteiger partial charge in [-0.25, -0.2) is 4.79 Å². The van der Waals surface area contributed by atoms with Crippen LogP contribution in [-0.2, 0) is 9.53 Å². The van der Waals surface area contributed by atoms with Crippen LogP contribution in [0.15, 0.2) is 42.5 Å². The normalized spacial score (nSPS) is 9.64. The summed E-state index contributed by atoms with van der Waals surface area (Å²) in [5.41, 5.74) is 1.18.